The molecule has 5 nitrogen and oxygen atoms in total. The Bertz CT molecular complexity index is 695. The lowest BCUT2D eigenvalue weighted by Gasteiger charge is -2.34. The van der Waals surface area contributed by atoms with Gasteiger partial charge in [0.1, 0.15) is 0 Å². The molecule has 0 bridgehead atoms. The first-order chi connectivity index (χ1) is 12.7. The Balaban J connectivity index is 1.32. The fourth-order valence-corrected chi connectivity index (χ4v) is 3.73. The zero-order chi connectivity index (χ0) is 18.2. The molecular weight excluding hydrogens is 346 g/mol. The third-order valence-corrected chi connectivity index (χ3v) is 5.38. The third kappa shape index (κ3) is 5.41. The molecule has 0 saturated carbocycles. The predicted molar refractivity (Wildman–Crippen MR) is 104 cm³/mol. The molecule has 0 radical (unpaired) electrons. The molecule has 138 valence electrons. The summed E-state index contributed by atoms with van der Waals surface area (Å²) in [5.41, 5.74) is 2.02. The van der Waals surface area contributed by atoms with Crippen LogP contribution in [0.2, 0.25) is 0 Å². The predicted octanol–water partition coefficient (Wildman–Crippen LogP) is 2.25. The molecule has 3 rings (SSSR count). The van der Waals surface area contributed by atoms with Crippen molar-refractivity contribution in [2.45, 2.75) is 12.8 Å². The van der Waals surface area contributed by atoms with Crippen molar-refractivity contribution in [1.82, 2.24) is 15.1 Å². The molecule has 6 heteroatoms. The first-order valence-electron chi connectivity index (χ1n) is 9.07. The van der Waals surface area contributed by atoms with E-state index >= 15 is 0 Å². The molecule has 2 aromatic rings. The summed E-state index contributed by atoms with van der Waals surface area (Å²) in [6, 6.07) is 12.3. The van der Waals surface area contributed by atoms with Crippen LogP contribution >= 0.6 is 11.3 Å². The van der Waals surface area contributed by atoms with Gasteiger partial charge in [-0.1, -0.05) is 30.3 Å². The van der Waals surface area contributed by atoms with Crippen LogP contribution in [0.5, 0.6) is 0 Å². The van der Waals surface area contributed by atoms with Gasteiger partial charge in [-0.2, -0.15) is 11.3 Å². The number of carbonyl (C=O) groups is 2. The Kier molecular flexibility index (Phi) is 6.80. The fraction of sp³-hybridized carbons (Fsp3) is 0.400. The number of nitrogens with zero attached hydrogens (tertiary/aromatic N) is 2. The Labute approximate surface area is 158 Å². The number of piperazine rings is 1. The highest BCUT2D eigenvalue weighted by Gasteiger charge is 2.20. The smallest absolute Gasteiger partial charge is 0.252 e. The van der Waals surface area contributed by atoms with Gasteiger partial charge in [0.2, 0.25) is 5.91 Å². The number of carbonyl (C=O) groups excluding carboxylic acids is 2. The van der Waals surface area contributed by atoms with Crippen molar-refractivity contribution >= 4 is 23.2 Å². The van der Waals surface area contributed by atoms with Crippen LogP contribution in [0.3, 0.4) is 0 Å². The van der Waals surface area contributed by atoms with Crippen molar-refractivity contribution in [3.8, 4) is 0 Å². The summed E-state index contributed by atoms with van der Waals surface area (Å²) in [6.45, 7) is 4.79. The van der Waals surface area contributed by atoms with Crippen LogP contribution in [-0.2, 0) is 11.2 Å². The van der Waals surface area contributed by atoms with E-state index in [0.717, 1.165) is 39.1 Å². The Hall–Kier alpha value is -2.18. The largest absolute Gasteiger partial charge is 0.351 e. The van der Waals surface area contributed by atoms with Crippen LogP contribution in [-0.4, -0.2) is 60.9 Å². The molecular formula is C20H25N3O2S. The highest BCUT2D eigenvalue weighted by molar-refractivity contribution is 7.08. The molecule has 1 N–H and O–H groups in total. The van der Waals surface area contributed by atoms with E-state index in [-0.39, 0.29) is 11.8 Å². The number of nitrogens with one attached hydrogen (secondary N) is 1. The molecule has 0 unspecified atom stereocenters. The van der Waals surface area contributed by atoms with E-state index in [1.54, 1.807) is 6.07 Å². The second-order valence-electron chi connectivity index (χ2n) is 6.48. The first-order valence-corrected chi connectivity index (χ1v) is 10.0. The van der Waals surface area contributed by atoms with Gasteiger partial charge in [-0.25, -0.2) is 0 Å². The van der Waals surface area contributed by atoms with Gasteiger partial charge in [0.25, 0.3) is 5.91 Å². The number of hydrogen-bond acceptors (Lipinski definition) is 4. The maximum absolute atomic E-state index is 12.3. The molecule has 2 amide bonds. The Morgan fingerprint density at radius 1 is 1.04 bits per heavy atom. The van der Waals surface area contributed by atoms with Crippen molar-refractivity contribution in [3.05, 3.63) is 58.3 Å². The van der Waals surface area contributed by atoms with Gasteiger partial charge in [-0.3, -0.25) is 14.5 Å². The summed E-state index contributed by atoms with van der Waals surface area (Å²) in [6.07, 6.45) is 1.41. The highest BCUT2D eigenvalue weighted by Crippen LogP contribution is 2.07. The zero-order valence-corrected chi connectivity index (χ0v) is 15.7. The minimum Gasteiger partial charge on any atom is -0.351 e. The van der Waals surface area contributed by atoms with Crippen LogP contribution in [0.4, 0.5) is 0 Å². The van der Waals surface area contributed by atoms with Crippen molar-refractivity contribution in [2.75, 3.05) is 39.3 Å². The van der Waals surface area contributed by atoms with Crippen LogP contribution in [0.1, 0.15) is 22.3 Å². The lowest BCUT2D eigenvalue weighted by molar-refractivity contribution is -0.132. The molecule has 0 atom stereocenters. The molecule has 1 aromatic carbocycles. The second-order valence-corrected chi connectivity index (χ2v) is 7.26. The number of hydrogen-bond donors (Lipinski definition) is 1. The first kappa shape index (κ1) is 18.6. The number of rotatable bonds is 7. The molecule has 0 spiro atoms. The number of thiophene rings is 1. The summed E-state index contributed by atoms with van der Waals surface area (Å²) in [7, 11) is 0. The van der Waals surface area contributed by atoms with E-state index in [1.165, 1.54) is 16.9 Å². The van der Waals surface area contributed by atoms with Gasteiger partial charge in [-0.05, 0) is 23.4 Å². The summed E-state index contributed by atoms with van der Waals surface area (Å²) < 4.78 is 0. The third-order valence-electron chi connectivity index (χ3n) is 4.69. The fourth-order valence-electron chi connectivity index (χ4n) is 3.09. The standard InChI is InChI=1S/C20H25N3O2S/c24-19(6-9-21-20(25)18-8-15-26-16-18)23-13-11-22(12-14-23)10-7-17-4-2-1-3-5-17/h1-5,8,15-16H,6-7,9-14H2,(H,21,25). The molecule has 1 aliphatic rings. The SMILES string of the molecule is O=C(NCCC(=O)N1CCN(CCc2ccccc2)CC1)c1ccsc1. The minimum absolute atomic E-state index is 0.107. The van der Waals surface area contributed by atoms with Crippen molar-refractivity contribution < 1.29 is 9.59 Å². The summed E-state index contributed by atoms with van der Waals surface area (Å²) in [5.74, 6) is 0.0168. The number of benzene rings is 1. The molecule has 1 aliphatic heterocycles. The summed E-state index contributed by atoms with van der Waals surface area (Å²) in [5, 5.41) is 6.50. The lowest BCUT2D eigenvalue weighted by Crippen LogP contribution is -2.49. The second kappa shape index (κ2) is 9.50. The van der Waals surface area contributed by atoms with E-state index in [2.05, 4.69) is 34.5 Å². The number of amides is 2. The molecule has 1 fully saturated rings. The Morgan fingerprint density at radius 3 is 2.50 bits per heavy atom. The van der Waals surface area contributed by atoms with E-state index in [4.69, 9.17) is 0 Å². The highest BCUT2D eigenvalue weighted by atomic mass is 32.1. The van der Waals surface area contributed by atoms with Gasteiger partial charge in [0.05, 0.1) is 0 Å². The van der Waals surface area contributed by atoms with E-state index < -0.39 is 0 Å². The van der Waals surface area contributed by atoms with Crippen molar-refractivity contribution in [2.24, 2.45) is 0 Å². The van der Waals surface area contributed by atoms with Gasteiger partial charge >= 0.3 is 0 Å². The zero-order valence-electron chi connectivity index (χ0n) is 14.9. The van der Waals surface area contributed by atoms with Crippen molar-refractivity contribution in [3.63, 3.8) is 0 Å². The van der Waals surface area contributed by atoms with E-state index in [1.807, 2.05) is 21.7 Å². The Morgan fingerprint density at radius 2 is 1.81 bits per heavy atom. The van der Waals surface area contributed by atoms with Crippen LogP contribution < -0.4 is 5.32 Å². The van der Waals surface area contributed by atoms with E-state index in [9.17, 15) is 9.59 Å². The van der Waals surface area contributed by atoms with Crippen LogP contribution in [0, 0.1) is 0 Å². The molecule has 0 aliphatic carbocycles. The lowest BCUT2D eigenvalue weighted by atomic mass is 10.1. The summed E-state index contributed by atoms with van der Waals surface area (Å²) in [4.78, 5) is 28.5. The quantitative estimate of drug-likeness (QED) is 0.812. The molecule has 1 saturated heterocycles. The monoisotopic (exact) mass is 371 g/mol. The average molecular weight is 372 g/mol. The van der Waals surface area contributed by atoms with Crippen molar-refractivity contribution in [1.29, 1.82) is 0 Å². The van der Waals surface area contributed by atoms with E-state index in [0.29, 0.717) is 18.5 Å². The maximum atomic E-state index is 12.3. The average Bonchev–Trinajstić information content (AvgIpc) is 3.22. The minimum atomic E-state index is -0.107. The molecule has 1 aromatic heterocycles. The molecule has 26 heavy (non-hydrogen) atoms. The topological polar surface area (TPSA) is 52.7 Å². The summed E-state index contributed by atoms with van der Waals surface area (Å²) >= 11 is 1.49. The van der Waals surface area contributed by atoms with Crippen LogP contribution in [0.15, 0.2) is 47.2 Å². The van der Waals surface area contributed by atoms with Gasteiger partial charge in [-0.15, -0.1) is 0 Å². The van der Waals surface area contributed by atoms with Gasteiger partial charge in [0, 0.05) is 56.6 Å². The van der Waals surface area contributed by atoms with Gasteiger partial charge < -0.3 is 10.2 Å². The van der Waals surface area contributed by atoms with Gasteiger partial charge in [0.15, 0.2) is 0 Å². The normalized spacial score (nSPS) is 15.0. The van der Waals surface area contributed by atoms with Crippen LogP contribution in [0.25, 0.3) is 0 Å². The maximum Gasteiger partial charge on any atom is 0.252 e. The molecule has 2 heterocycles.